The number of benzene rings is 2. The number of nitrogens with two attached hydrogens (primary N) is 1. The third kappa shape index (κ3) is 2.00. The maximum absolute atomic E-state index is 6.02. The quantitative estimate of drug-likeness (QED) is 0.703. The molecule has 1 aromatic heterocycles. The van der Waals surface area contributed by atoms with Gasteiger partial charge in [0.2, 0.25) is 0 Å². The summed E-state index contributed by atoms with van der Waals surface area (Å²) in [6.07, 6.45) is 0. The van der Waals surface area contributed by atoms with E-state index in [1.807, 2.05) is 30.3 Å². The van der Waals surface area contributed by atoms with Crippen LogP contribution >= 0.6 is 11.6 Å². The molecule has 5 heteroatoms. The van der Waals surface area contributed by atoms with Crippen LogP contribution in [-0.4, -0.2) is 17.1 Å². The second-order valence-electron chi connectivity index (χ2n) is 4.17. The fraction of sp³-hybridized carbons (Fsp3) is 0.0714. The molecule has 0 spiro atoms. The molecule has 0 fully saturated rings. The van der Waals surface area contributed by atoms with Crippen molar-refractivity contribution in [2.75, 3.05) is 12.8 Å². The Labute approximate surface area is 115 Å². The molecule has 0 amide bonds. The van der Waals surface area contributed by atoms with Crippen LogP contribution in [-0.2, 0) is 0 Å². The predicted octanol–water partition coefficient (Wildman–Crippen LogP) is 3.47. The molecule has 0 radical (unpaired) electrons. The molecule has 0 aliphatic carbocycles. The highest BCUT2D eigenvalue weighted by Crippen LogP contribution is 2.31. The van der Waals surface area contributed by atoms with Crippen LogP contribution in [0.3, 0.4) is 0 Å². The first kappa shape index (κ1) is 11.9. The summed E-state index contributed by atoms with van der Waals surface area (Å²) in [6.45, 7) is 0. The number of aromatic nitrogens is 2. The van der Waals surface area contributed by atoms with Crippen LogP contribution in [0.1, 0.15) is 0 Å². The van der Waals surface area contributed by atoms with Gasteiger partial charge in [-0.25, -0.2) is 4.98 Å². The Morgan fingerprint density at radius 1 is 1.26 bits per heavy atom. The van der Waals surface area contributed by atoms with Crippen molar-refractivity contribution < 1.29 is 4.74 Å². The Morgan fingerprint density at radius 2 is 2.11 bits per heavy atom. The van der Waals surface area contributed by atoms with E-state index >= 15 is 0 Å². The number of nitrogens with one attached hydrogen (secondary N) is 1. The summed E-state index contributed by atoms with van der Waals surface area (Å²) < 4.78 is 5.19. The average Bonchev–Trinajstić information content (AvgIpc) is 2.84. The number of para-hydroxylation sites is 1. The number of imidazole rings is 1. The number of ether oxygens (including phenoxy) is 1. The Balaban J connectivity index is 2.18. The Bertz CT molecular complexity index is 752. The van der Waals surface area contributed by atoms with E-state index in [2.05, 4.69) is 9.97 Å². The number of halogens is 1. The Kier molecular flexibility index (Phi) is 2.80. The van der Waals surface area contributed by atoms with Crippen LogP contribution in [0.25, 0.3) is 22.4 Å². The van der Waals surface area contributed by atoms with Crippen molar-refractivity contribution in [3.8, 4) is 17.1 Å². The average molecular weight is 274 g/mol. The Hall–Kier alpha value is -2.20. The van der Waals surface area contributed by atoms with Crippen molar-refractivity contribution in [3.05, 3.63) is 41.4 Å². The van der Waals surface area contributed by atoms with E-state index in [0.717, 1.165) is 22.3 Å². The number of fused-ring (bicyclic) bond motifs is 1. The number of nitrogen functional groups attached to an aromatic ring is 1. The van der Waals surface area contributed by atoms with Gasteiger partial charge in [-0.2, -0.15) is 0 Å². The topological polar surface area (TPSA) is 63.9 Å². The molecule has 0 saturated carbocycles. The largest absolute Gasteiger partial charge is 0.497 e. The molecule has 96 valence electrons. The van der Waals surface area contributed by atoms with Crippen molar-refractivity contribution in [3.63, 3.8) is 0 Å². The smallest absolute Gasteiger partial charge is 0.140 e. The molecule has 3 aromatic rings. The van der Waals surface area contributed by atoms with Gasteiger partial charge < -0.3 is 15.5 Å². The zero-order chi connectivity index (χ0) is 13.4. The normalized spacial score (nSPS) is 10.8. The van der Waals surface area contributed by atoms with E-state index in [0.29, 0.717) is 16.5 Å². The molecular formula is C14H12ClN3O. The van der Waals surface area contributed by atoms with Gasteiger partial charge in [0.15, 0.2) is 0 Å². The minimum absolute atomic E-state index is 0.523. The summed E-state index contributed by atoms with van der Waals surface area (Å²) in [4.78, 5) is 7.74. The molecule has 2 aromatic carbocycles. The standard InChI is InChI=1S/C14H12ClN3O/c1-19-8-5-6-11-12(7-8)18-14(17-11)9-3-2-4-10(15)13(9)16/h2-7H,16H2,1H3,(H,17,18). The zero-order valence-corrected chi connectivity index (χ0v) is 11.0. The molecule has 3 N–H and O–H groups in total. The van der Waals surface area contributed by atoms with Gasteiger partial charge in [0.05, 0.1) is 28.9 Å². The molecule has 0 aliphatic rings. The maximum atomic E-state index is 6.02. The van der Waals surface area contributed by atoms with Crippen LogP contribution in [0, 0.1) is 0 Å². The van der Waals surface area contributed by atoms with Gasteiger partial charge >= 0.3 is 0 Å². The fourth-order valence-electron chi connectivity index (χ4n) is 1.99. The Morgan fingerprint density at radius 3 is 2.89 bits per heavy atom. The minimum Gasteiger partial charge on any atom is -0.497 e. The number of H-pyrrole nitrogens is 1. The monoisotopic (exact) mass is 273 g/mol. The van der Waals surface area contributed by atoms with Gasteiger partial charge in [-0.1, -0.05) is 17.7 Å². The van der Waals surface area contributed by atoms with E-state index in [-0.39, 0.29) is 0 Å². The number of methoxy groups -OCH3 is 1. The summed E-state index contributed by atoms with van der Waals surface area (Å²) in [7, 11) is 1.63. The first-order valence-corrected chi connectivity index (χ1v) is 6.15. The summed E-state index contributed by atoms with van der Waals surface area (Å²) >= 11 is 6.02. The van der Waals surface area contributed by atoms with Crippen LogP contribution in [0.2, 0.25) is 5.02 Å². The van der Waals surface area contributed by atoms with Gasteiger partial charge in [-0.05, 0) is 24.3 Å². The van der Waals surface area contributed by atoms with E-state index in [1.54, 1.807) is 13.2 Å². The lowest BCUT2D eigenvalue weighted by atomic mass is 10.2. The second kappa shape index (κ2) is 4.48. The second-order valence-corrected chi connectivity index (χ2v) is 4.58. The first-order chi connectivity index (χ1) is 9.19. The molecule has 0 unspecified atom stereocenters. The van der Waals surface area contributed by atoms with Crippen LogP contribution < -0.4 is 10.5 Å². The summed E-state index contributed by atoms with van der Waals surface area (Å²) in [5, 5.41) is 0.524. The van der Waals surface area contributed by atoms with Crippen molar-refractivity contribution in [1.29, 1.82) is 0 Å². The van der Waals surface area contributed by atoms with Gasteiger partial charge in [0, 0.05) is 11.6 Å². The number of nitrogens with zero attached hydrogens (tertiary/aromatic N) is 1. The highest BCUT2D eigenvalue weighted by molar-refractivity contribution is 6.33. The third-order valence-corrected chi connectivity index (χ3v) is 3.33. The van der Waals surface area contributed by atoms with Crippen molar-refractivity contribution >= 4 is 28.3 Å². The van der Waals surface area contributed by atoms with Gasteiger partial charge in [0.1, 0.15) is 11.6 Å². The summed E-state index contributed by atoms with van der Waals surface area (Å²) in [5.74, 6) is 1.48. The summed E-state index contributed by atoms with van der Waals surface area (Å²) in [5.41, 5.74) is 9.05. The first-order valence-electron chi connectivity index (χ1n) is 5.77. The highest BCUT2D eigenvalue weighted by Gasteiger charge is 2.10. The van der Waals surface area contributed by atoms with E-state index < -0.39 is 0 Å². The van der Waals surface area contributed by atoms with Crippen molar-refractivity contribution in [1.82, 2.24) is 9.97 Å². The predicted molar refractivity (Wildman–Crippen MR) is 77.5 cm³/mol. The number of rotatable bonds is 2. The lowest BCUT2D eigenvalue weighted by molar-refractivity contribution is 0.415. The van der Waals surface area contributed by atoms with Crippen LogP contribution in [0.4, 0.5) is 5.69 Å². The van der Waals surface area contributed by atoms with Crippen LogP contribution in [0.15, 0.2) is 36.4 Å². The minimum atomic E-state index is 0.523. The number of hydrogen-bond donors (Lipinski definition) is 2. The lowest BCUT2D eigenvalue weighted by Gasteiger charge is -2.03. The van der Waals surface area contributed by atoms with Gasteiger partial charge in [0.25, 0.3) is 0 Å². The van der Waals surface area contributed by atoms with Crippen molar-refractivity contribution in [2.24, 2.45) is 0 Å². The molecule has 0 bridgehead atoms. The SMILES string of the molecule is COc1ccc2nc(-c3cccc(Cl)c3N)[nH]c2c1. The molecule has 0 saturated heterocycles. The molecule has 0 aliphatic heterocycles. The van der Waals surface area contributed by atoms with E-state index in [9.17, 15) is 0 Å². The third-order valence-electron chi connectivity index (χ3n) is 3.00. The van der Waals surface area contributed by atoms with E-state index in [1.165, 1.54) is 0 Å². The maximum Gasteiger partial charge on any atom is 0.140 e. The molecule has 1 heterocycles. The summed E-state index contributed by atoms with van der Waals surface area (Å²) in [6, 6.07) is 11.2. The number of anilines is 1. The highest BCUT2D eigenvalue weighted by atomic mass is 35.5. The van der Waals surface area contributed by atoms with Crippen LogP contribution in [0.5, 0.6) is 5.75 Å². The number of aromatic amines is 1. The van der Waals surface area contributed by atoms with Gasteiger partial charge in [-0.3, -0.25) is 0 Å². The van der Waals surface area contributed by atoms with Crippen molar-refractivity contribution in [2.45, 2.75) is 0 Å². The molecular weight excluding hydrogens is 262 g/mol. The molecule has 19 heavy (non-hydrogen) atoms. The molecule has 0 atom stereocenters. The zero-order valence-electron chi connectivity index (χ0n) is 10.3. The fourth-order valence-corrected chi connectivity index (χ4v) is 2.16. The molecule has 3 rings (SSSR count). The number of hydrogen-bond acceptors (Lipinski definition) is 3. The van der Waals surface area contributed by atoms with E-state index in [4.69, 9.17) is 22.1 Å². The lowest BCUT2D eigenvalue weighted by Crippen LogP contribution is -1.92. The molecule has 4 nitrogen and oxygen atoms in total. The van der Waals surface area contributed by atoms with Gasteiger partial charge in [-0.15, -0.1) is 0 Å².